The molecule has 0 bridgehead atoms. The fourth-order valence-corrected chi connectivity index (χ4v) is 1.61. The first-order valence-corrected chi connectivity index (χ1v) is 4.69. The van der Waals surface area contributed by atoms with Crippen LogP contribution in [0.1, 0.15) is 18.8 Å². The molecule has 0 saturated heterocycles. The predicted octanol–water partition coefficient (Wildman–Crippen LogP) is 0.208. The van der Waals surface area contributed by atoms with Crippen molar-refractivity contribution in [1.82, 2.24) is 9.55 Å². The first-order valence-electron chi connectivity index (χ1n) is 4.69. The van der Waals surface area contributed by atoms with Gasteiger partial charge in [-0.1, -0.05) is 25.8 Å². The number of allylic oxidation sites excluding steroid dienone is 2. The van der Waals surface area contributed by atoms with E-state index in [1.165, 1.54) is 0 Å². The average molecular weight is 200 g/mol. The van der Waals surface area contributed by atoms with Crippen LogP contribution in [0.2, 0.25) is 0 Å². The zero-order chi connectivity index (χ0) is 11.2. The van der Waals surface area contributed by atoms with Crippen molar-refractivity contribution in [2.45, 2.75) is 13.0 Å². The molecule has 0 saturated carbocycles. The third-order valence-electron chi connectivity index (χ3n) is 2.69. The SMILES string of the molecule is C=C1C=Cc2nc(=C)c(=C)c(=O)n2C1C. The number of aromatic nitrogens is 2. The zero-order valence-corrected chi connectivity index (χ0v) is 8.66. The first kappa shape index (κ1) is 9.65. The molecular formula is C12H12N2O. The lowest BCUT2D eigenvalue weighted by Gasteiger charge is -2.21. The Kier molecular flexibility index (Phi) is 1.96. The summed E-state index contributed by atoms with van der Waals surface area (Å²) in [4.78, 5) is 16.2. The van der Waals surface area contributed by atoms with Gasteiger partial charge >= 0.3 is 0 Å². The highest BCUT2D eigenvalue weighted by Crippen LogP contribution is 2.20. The maximum absolute atomic E-state index is 11.9. The van der Waals surface area contributed by atoms with Crippen LogP contribution in [0.15, 0.2) is 23.0 Å². The lowest BCUT2D eigenvalue weighted by molar-refractivity contribution is 0.582. The van der Waals surface area contributed by atoms with Crippen molar-refractivity contribution in [3.63, 3.8) is 0 Å². The molecule has 2 rings (SSSR count). The second kappa shape index (κ2) is 3.05. The van der Waals surface area contributed by atoms with Gasteiger partial charge in [-0.3, -0.25) is 9.36 Å². The van der Waals surface area contributed by atoms with Crippen molar-refractivity contribution >= 4 is 19.2 Å². The zero-order valence-electron chi connectivity index (χ0n) is 8.66. The molecule has 1 aliphatic rings. The highest BCUT2D eigenvalue weighted by Gasteiger charge is 2.17. The van der Waals surface area contributed by atoms with Crippen LogP contribution in [-0.2, 0) is 0 Å². The fraction of sp³-hybridized carbons (Fsp3) is 0.167. The summed E-state index contributed by atoms with van der Waals surface area (Å²) < 4.78 is 1.60. The monoisotopic (exact) mass is 200 g/mol. The van der Waals surface area contributed by atoms with Crippen molar-refractivity contribution in [3.05, 3.63) is 45.0 Å². The molecule has 0 aromatic carbocycles. The lowest BCUT2D eigenvalue weighted by atomic mass is 10.1. The Morgan fingerprint density at radius 1 is 1.33 bits per heavy atom. The number of rotatable bonds is 0. The second-order valence-corrected chi connectivity index (χ2v) is 3.65. The molecule has 1 atom stereocenters. The molecule has 2 heterocycles. The third kappa shape index (κ3) is 1.28. The van der Waals surface area contributed by atoms with Crippen molar-refractivity contribution < 1.29 is 0 Å². The number of hydrogen-bond acceptors (Lipinski definition) is 2. The van der Waals surface area contributed by atoms with Gasteiger partial charge in [-0.15, -0.1) is 0 Å². The van der Waals surface area contributed by atoms with Gasteiger partial charge in [0.15, 0.2) is 0 Å². The van der Waals surface area contributed by atoms with Crippen molar-refractivity contribution in [1.29, 1.82) is 0 Å². The highest BCUT2D eigenvalue weighted by atomic mass is 16.1. The Morgan fingerprint density at radius 3 is 2.67 bits per heavy atom. The van der Waals surface area contributed by atoms with Crippen LogP contribution in [0.25, 0.3) is 19.2 Å². The molecule has 76 valence electrons. The molecule has 0 spiro atoms. The van der Waals surface area contributed by atoms with Crippen LogP contribution in [-0.4, -0.2) is 9.55 Å². The maximum Gasteiger partial charge on any atom is 0.261 e. The Hall–Kier alpha value is -1.90. The van der Waals surface area contributed by atoms with Crippen molar-refractivity contribution in [2.24, 2.45) is 0 Å². The third-order valence-corrected chi connectivity index (χ3v) is 2.69. The number of fused-ring (bicyclic) bond motifs is 1. The van der Waals surface area contributed by atoms with E-state index in [1.807, 2.05) is 13.0 Å². The molecular weight excluding hydrogens is 188 g/mol. The normalized spacial score (nSPS) is 19.0. The van der Waals surface area contributed by atoms with E-state index in [9.17, 15) is 4.79 Å². The molecule has 1 aromatic heterocycles. The maximum atomic E-state index is 11.9. The largest absolute Gasteiger partial charge is 0.285 e. The lowest BCUT2D eigenvalue weighted by Crippen LogP contribution is -2.48. The van der Waals surface area contributed by atoms with Crippen LogP contribution in [0.3, 0.4) is 0 Å². The van der Waals surface area contributed by atoms with Gasteiger partial charge in [0, 0.05) is 0 Å². The summed E-state index contributed by atoms with van der Waals surface area (Å²) in [5.41, 5.74) is 0.755. The van der Waals surface area contributed by atoms with Crippen molar-refractivity contribution in [3.8, 4) is 0 Å². The Balaban J connectivity index is 2.94. The van der Waals surface area contributed by atoms with Crippen molar-refractivity contribution in [2.75, 3.05) is 0 Å². The van der Waals surface area contributed by atoms with E-state index in [4.69, 9.17) is 0 Å². The summed E-state index contributed by atoms with van der Waals surface area (Å²) in [6.45, 7) is 13.2. The smallest absolute Gasteiger partial charge is 0.261 e. The van der Waals surface area contributed by atoms with E-state index in [2.05, 4.69) is 24.7 Å². The van der Waals surface area contributed by atoms with Gasteiger partial charge < -0.3 is 0 Å². The minimum Gasteiger partial charge on any atom is -0.285 e. The Bertz CT molecular complexity index is 622. The van der Waals surface area contributed by atoms with E-state index < -0.39 is 0 Å². The van der Waals surface area contributed by atoms with Gasteiger partial charge in [-0.2, -0.15) is 0 Å². The Labute approximate surface area is 87.4 Å². The van der Waals surface area contributed by atoms with E-state index in [-0.39, 0.29) is 11.6 Å². The molecule has 0 fully saturated rings. The first-order chi connectivity index (χ1) is 7.02. The number of nitrogens with zero attached hydrogens (tertiary/aromatic N) is 2. The molecule has 0 N–H and O–H groups in total. The van der Waals surface area contributed by atoms with Crippen LogP contribution in [0, 0.1) is 0 Å². The highest BCUT2D eigenvalue weighted by molar-refractivity contribution is 5.50. The van der Waals surface area contributed by atoms with Gasteiger partial charge in [0.1, 0.15) is 5.82 Å². The molecule has 1 aromatic rings. The quantitative estimate of drug-likeness (QED) is 0.600. The van der Waals surface area contributed by atoms with Crippen LogP contribution < -0.4 is 16.1 Å². The van der Waals surface area contributed by atoms with Gasteiger partial charge in [-0.25, -0.2) is 4.98 Å². The topological polar surface area (TPSA) is 34.9 Å². The molecule has 15 heavy (non-hydrogen) atoms. The summed E-state index contributed by atoms with van der Waals surface area (Å²) in [5, 5.41) is 0.796. The van der Waals surface area contributed by atoms with E-state index in [1.54, 1.807) is 10.6 Å². The summed E-state index contributed by atoms with van der Waals surface area (Å²) in [5.74, 6) is 0.623. The van der Waals surface area contributed by atoms with E-state index in [0.29, 0.717) is 16.4 Å². The summed E-state index contributed by atoms with van der Waals surface area (Å²) >= 11 is 0. The van der Waals surface area contributed by atoms with Gasteiger partial charge in [0.25, 0.3) is 5.56 Å². The summed E-state index contributed by atoms with van der Waals surface area (Å²) in [6.07, 6.45) is 3.65. The molecule has 0 radical (unpaired) electrons. The molecule has 0 amide bonds. The number of hydrogen-bond donors (Lipinski definition) is 0. The summed E-state index contributed by atoms with van der Waals surface area (Å²) in [6, 6.07) is -0.0638. The van der Waals surface area contributed by atoms with E-state index >= 15 is 0 Å². The summed E-state index contributed by atoms with van der Waals surface area (Å²) in [7, 11) is 0. The minimum atomic E-state index is -0.136. The van der Waals surface area contributed by atoms with Gasteiger partial charge in [0.2, 0.25) is 0 Å². The predicted molar refractivity (Wildman–Crippen MR) is 61.7 cm³/mol. The second-order valence-electron chi connectivity index (χ2n) is 3.65. The molecule has 0 aliphatic carbocycles. The van der Waals surface area contributed by atoms with Gasteiger partial charge in [0.05, 0.1) is 16.6 Å². The molecule has 1 aliphatic heterocycles. The van der Waals surface area contributed by atoms with Crippen LogP contribution in [0.5, 0.6) is 0 Å². The molecule has 3 nitrogen and oxygen atoms in total. The minimum absolute atomic E-state index is 0.0638. The van der Waals surface area contributed by atoms with E-state index in [0.717, 1.165) is 5.57 Å². The van der Waals surface area contributed by atoms with Gasteiger partial charge in [-0.05, 0) is 18.6 Å². The molecule has 3 heteroatoms. The Morgan fingerprint density at radius 2 is 2.00 bits per heavy atom. The average Bonchev–Trinajstić information content (AvgIpc) is 2.20. The van der Waals surface area contributed by atoms with Crippen LogP contribution in [0.4, 0.5) is 0 Å². The standard InChI is InChI=1S/C12H12N2O/c1-7-5-6-11-13-9(3)8(2)12(15)14(11)10(7)4/h5-6,10H,1-3H2,4H3. The molecule has 1 unspecified atom stereocenters. The van der Waals surface area contributed by atoms with Crippen LogP contribution >= 0.6 is 0 Å². The fourth-order valence-electron chi connectivity index (χ4n) is 1.61.